The zero-order valence-electron chi connectivity index (χ0n) is 12.9. The molecule has 0 N–H and O–H groups in total. The molecule has 0 spiro atoms. The minimum absolute atomic E-state index is 0.0379. The average Bonchev–Trinajstić information content (AvgIpc) is 3.19. The Morgan fingerprint density at radius 3 is 3.04 bits per heavy atom. The molecular weight excluding hydrogens is 310 g/mol. The van der Waals surface area contributed by atoms with Gasteiger partial charge in [-0.25, -0.2) is 4.98 Å². The molecule has 3 heterocycles. The van der Waals surface area contributed by atoms with E-state index in [1.165, 1.54) is 11.3 Å². The molecule has 0 unspecified atom stereocenters. The highest BCUT2D eigenvalue weighted by molar-refractivity contribution is 7.17. The van der Waals surface area contributed by atoms with Crippen LogP contribution >= 0.6 is 11.3 Å². The topological polar surface area (TPSA) is 71.8 Å². The smallest absolute Gasteiger partial charge is 0.263 e. The Morgan fingerprint density at radius 2 is 2.35 bits per heavy atom. The fraction of sp³-hybridized carbons (Fsp3) is 0.353. The number of fused-ring (bicyclic) bond motifs is 1. The molecule has 0 fully saturated rings. The maximum absolute atomic E-state index is 13.0. The predicted octanol–water partition coefficient (Wildman–Crippen LogP) is 3.97. The van der Waals surface area contributed by atoms with Crippen molar-refractivity contribution in [3.8, 4) is 17.4 Å². The van der Waals surface area contributed by atoms with Gasteiger partial charge >= 0.3 is 0 Å². The second-order valence-electron chi connectivity index (χ2n) is 5.30. The van der Waals surface area contributed by atoms with Crippen LogP contribution in [0.1, 0.15) is 32.0 Å². The van der Waals surface area contributed by atoms with Gasteiger partial charge in [0.05, 0.1) is 17.7 Å². The van der Waals surface area contributed by atoms with Gasteiger partial charge in [-0.05, 0) is 25.0 Å². The highest BCUT2D eigenvalue weighted by Crippen LogP contribution is 2.31. The Bertz CT molecular complexity index is 900. The van der Waals surface area contributed by atoms with Crippen molar-refractivity contribution in [3.05, 3.63) is 40.0 Å². The number of hydrogen-bond acceptors (Lipinski definition) is 5. The molecule has 0 saturated heterocycles. The van der Waals surface area contributed by atoms with Crippen LogP contribution < -0.4 is 5.56 Å². The summed E-state index contributed by atoms with van der Waals surface area (Å²) >= 11 is 1.47. The van der Waals surface area contributed by atoms with E-state index in [2.05, 4.69) is 13.0 Å². The van der Waals surface area contributed by atoms with Gasteiger partial charge in [-0.3, -0.25) is 9.36 Å². The first-order chi connectivity index (χ1) is 11.3. The number of nitriles is 1. The van der Waals surface area contributed by atoms with Crippen molar-refractivity contribution in [2.75, 3.05) is 0 Å². The number of aromatic nitrogens is 2. The highest BCUT2D eigenvalue weighted by atomic mass is 32.1. The molecule has 0 aliphatic carbocycles. The number of furan rings is 1. The molecule has 0 bridgehead atoms. The second-order valence-corrected chi connectivity index (χ2v) is 6.16. The van der Waals surface area contributed by atoms with Crippen LogP contribution in [0.25, 0.3) is 21.5 Å². The molecule has 5 nitrogen and oxygen atoms in total. The van der Waals surface area contributed by atoms with Crippen LogP contribution in [0.4, 0.5) is 0 Å². The van der Waals surface area contributed by atoms with Gasteiger partial charge in [-0.2, -0.15) is 5.26 Å². The maximum atomic E-state index is 13.0. The van der Waals surface area contributed by atoms with Crippen molar-refractivity contribution in [2.24, 2.45) is 0 Å². The van der Waals surface area contributed by atoms with E-state index >= 15 is 0 Å². The summed E-state index contributed by atoms with van der Waals surface area (Å²) in [5.74, 6) is 1.48. The molecule has 0 atom stereocenters. The third-order valence-corrected chi connectivity index (χ3v) is 4.58. The van der Waals surface area contributed by atoms with Gasteiger partial charge in [-0.1, -0.05) is 6.92 Å². The first kappa shape index (κ1) is 15.5. The number of rotatable bonds is 6. The SMILES string of the molecule is CCCc1nc2scc(-c3ccco3)c2c(=O)n1CCCC#N. The van der Waals surface area contributed by atoms with Gasteiger partial charge in [0, 0.05) is 30.3 Å². The Kier molecular flexibility index (Phi) is 4.58. The molecule has 6 heteroatoms. The van der Waals surface area contributed by atoms with Crippen LogP contribution in [0.5, 0.6) is 0 Å². The van der Waals surface area contributed by atoms with E-state index in [9.17, 15) is 4.79 Å². The van der Waals surface area contributed by atoms with E-state index in [1.54, 1.807) is 10.8 Å². The molecule has 0 amide bonds. The van der Waals surface area contributed by atoms with E-state index in [1.807, 2.05) is 17.5 Å². The number of hydrogen-bond donors (Lipinski definition) is 0. The number of unbranched alkanes of at least 4 members (excludes halogenated alkanes) is 1. The van der Waals surface area contributed by atoms with Crippen molar-refractivity contribution in [1.82, 2.24) is 9.55 Å². The lowest BCUT2D eigenvalue weighted by molar-refractivity contribution is 0.580. The van der Waals surface area contributed by atoms with Crippen molar-refractivity contribution >= 4 is 21.6 Å². The Morgan fingerprint density at radius 1 is 1.48 bits per heavy atom. The molecule has 0 aliphatic heterocycles. The molecule has 0 aliphatic rings. The molecule has 3 aromatic rings. The van der Waals surface area contributed by atoms with Crippen molar-refractivity contribution in [3.63, 3.8) is 0 Å². The van der Waals surface area contributed by atoms with Gasteiger partial charge in [0.25, 0.3) is 5.56 Å². The summed E-state index contributed by atoms with van der Waals surface area (Å²) < 4.78 is 7.17. The summed E-state index contributed by atoms with van der Waals surface area (Å²) in [4.78, 5) is 18.4. The number of nitrogens with zero attached hydrogens (tertiary/aromatic N) is 3. The summed E-state index contributed by atoms with van der Waals surface area (Å²) in [6, 6.07) is 5.78. The Hall–Kier alpha value is -2.39. The zero-order valence-corrected chi connectivity index (χ0v) is 13.7. The van der Waals surface area contributed by atoms with Crippen LogP contribution in [-0.4, -0.2) is 9.55 Å². The first-order valence-electron chi connectivity index (χ1n) is 7.68. The molecule has 23 heavy (non-hydrogen) atoms. The average molecular weight is 327 g/mol. The predicted molar refractivity (Wildman–Crippen MR) is 90.4 cm³/mol. The van der Waals surface area contributed by atoms with E-state index in [0.717, 1.165) is 29.1 Å². The summed E-state index contributed by atoms with van der Waals surface area (Å²) in [6.07, 6.45) is 4.37. The quantitative estimate of drug-likeness (QED) is 0.642. The molecule has 3 aromatic heterocycles. The minimum atomic E-state index is -0.0379. The number of aryl methyl sites for hydroxylation is 1. The van der Waals surface area contributed by atoms with Crippen molar-refractivity contribution in [2.45, 2.75) is 39.2 Å². The summed E-state index contributed by atoms with van der Waals surface area (Å²) in [6.45, 7) is 2.59. The first-order valence-corrected chi connectivity index (χ1v) is 8.56. The second kappa shape index (κ2) is 6.80. The molecule has 0 aromatic carbocycles. The van der Waals surface area contributed by atoms with Gasteiger partial charge < -0.3 is 4.42 Å². The number of thiophene rings is 1. The summed E-state index contributed by atoms with van der Waals surface area (Å²) in [7, 11) is 0. The van der Waals surface area contributed by atoms with Crippen LogP contribution in [0, 0.1) is 11.3 Å². The van der Waals surface area contributed by atoms with Crippen LogP contribution in [-0.2, 0) is 13.0 Å². The lowest BCUT2D eigenvalue weighted by Crippen LogP contribution is -2.25. The molecule has 3 rings (SSSR count). The Balaban J connectivity index is 2.16. The molecule has 118 valence electrons. The standard InChI is InChI=1S/C17H17N3O2S/c1-2-6-14-19-16-15(17(21)20(14)9-4-3-8-18)12(11-23-16)13-7-5-10-22-13/h5,7,10-11H,2-4,6,9H2,1H3. The van der Waals surface area contributed by atoms with E-state index in [-0.39, 0.29) is 5.56 Å². The summed E-state index contributed by atoms with van der Waals surface area (Å²) in [5.41, 5.74) is 0.758. The van der Waals surface area contributed by atoms with E-state index < -0.39 is 0 Å². The van der Waals surface area contributed by atoms with Gasteiger partial charge in [0.1, 0.15) is 16.4 Å². The largest absolute Gasteiger partial charge is 0.464 e. The third-order valence-electron chi connectivity index (χ3n) is 3.70. The zero-order chi connectivity index (χ0) is 16.2. The van der Waals surface area contributed by atoms with Crippen LogP contribution in [0.15, 0.2) is 33.0 Å². The van der Waals surface area contributed by atoms with Gasteiger partial charge in [0.2, 0.25) is 0 Å². The van der Waals surface area contributed by atoms with Crippen LogP contribution in [0.3, 0.4) is 0 Å². The summed E-state index contributed by atoms with van der Waals surface area (Å²) in [5, 5.41) is 11.3. The molecule has 0 radical (unpaired) electrons. The van der Waals surface area contributed by atoms with E-state index in [4.69, 9.17) is 14.7 Å². The third kappa shape index (κ3) is 2.92. The van der Waals surface area contributed by atoms with E-state index in [0.29, 0.717) is 30.5 Å². The fourth-order valence-electron chi connectivity index (χ4n) is 2.64. The van der Waals surface area contributed by atoms with Crippen LogP contribution in [0.2, 0.25) is 0 Å². The minimum Gasteiger partial charge on any atom is -0.464 e. The fourth-order valence-corrected chi connectivity index (χ4v) is 3.58. The normalized spacial score (nSPS) is 11.0. The maximum Gasteiger partial charge on any atom is 0.263 e. The van der Waals surface area contributed by atoms with Gasteiger partial charge in [0.15, 0.2) is 0 Å². The highest BCUT2D eigenvalue weighted by Gasteiger charge is 2.17. The lowest BCUT2D eigenvalue weighted by Gasteiger charge is -2.11. The lowest BCUT2D eigenvalue weighted by atomic mass is 10.2. The van der Waals surface area contributed by atoms with Crippen molar-refractivity contribution in [1.29, 1.82) is 5.26 Å². The Labute approximate surface area is 137 Å². The monoisotopic (exact) mass is 327 g/mol. The van der Waals surface area contributed by atoms with Crippen molar-refractivity contribution < 1.29 is 4.42 Å². The van der Waals surface area contributed by atoms with Gasteiger partial charge in [-0.15, -0.1) is 11.3 Å². The molecule has 0 saturated carbocycles. The molecular formula is C17H17N3O2S.